The summed E-state index contributed by atoms with van der Waals surface area (Å²) in [5.74, 6) is 0.539. The average molecular weight is 545 g/mol. The maximum absolute atomic E-state index is 12.1. The molecule has 6 rings (SSSR count). The first-order chi connectivity index (χ1) is 19.4. The Bertz CT molecular complexity index is 1380. The van der Waals surface area contributed by atoms with Crippen LogP contribution in [0.2, 0.25) is 0 Å². The van der Waals surface area contributed by atoms with Crippen LogP contribution in [0.5, 0.6) is 5.75 Å². The summed E-state index contributed by atoms with van der Waals surface area (Å²) in [5, 5.41) is 14.5. The molecule has 0 bridgehead atoms. The van der Waals surface area contributed by atoms with E-state index in [2.05, 4.69) is 65.0 Å². The number of aromatic carboxylic acids is 1. The number of hydrogen-bond acceptors (Lipinski definition) is 5. The van der Waals surface area contributed by atoms with Crippen molar-refractivity contribution in [3.05, 3.63) is 53.1 Å². The molecule has 2 N–H and O–H groups in total. The lowest BCUT2D eigenvalue weighted by Crippen LogP contribution is -2.44. The highest BCUT2D eigenvalue weighted by Crippen LogP contribution is 2.48. The van der Waals surface area contributed by atoms with E-state index in [-0.39, 0.29) is 6.04 Å². The number of benzene rings is 2. The molecule has 2 atom stereocenters. The van der Waals surface area contributed by atoms with Crippen molar-refractivity contribution in [3.63, 3.8) is 0 Å². The van der Waals surface area contributed by atoms with Crippen LogP contribution in [0.3, 0.4) is 0 Å². The van der Waals surface area contributed by atoms with Crippen LogP contribution in [0.15, 0.2) is 36.4 Å². The Morgan fingerprint density at radius 2 is 1.95 bits per heavy atom. The van der Waals surface area contributed by atoms with Crippen LogP contribution in [0.1, 0.15) is 65.9 Å². The molecular formula is C33H44N4O3. The van der Waals surface area contributed by atoms with E-state index in [1.807, 2.05) is 6.07 Å². The van der Waals surface area contributed by atoms with Crippen LogP contribution in [0.4, 0.5) is 0 Å². The summed E-state index contributed by atoms with van der Waals surface area (Å²) < 4.78 is 9.09. The molecule has 3 heterocycles. The van der Waals surface area contributed by atoms with E-state index in [0.29, 0.717) is 24.1 Å². The minimum Gasteiger partial charge on any atom is -0.491 e. The highest BCUT2D eigenvalue weighted by molar-refractivity contribution is 5.99. The topological polar surface area (TPSA) is 70.0 Å². The molecule has 1 saturated carbocycles. The third-order valence-electron chi connectivity index (χ3n) is 9.73. The molecule has 2 aliphatic heterocycles. The predicted octanol–water partition coefficient (Wildman–Crippen LogP) is 5.35. The van der Waals surface area contributed by atoms with Crippen molar-refractivity contribution < 1.29 is 14.6 Å². The van der Waals surface area contributed by atoms with E-state index in [4.69, 9.17) is 4.74 Å². The number of likely N-dealkylation sites (N-methyl/N-ethyl adjacent to an activating group) is 2. The first-order valence-electron chi connectivity index (χ1n) is 15.2. The van der Waals surface area contributed by atoms with Crippen LogP contribution >= 0.6 is 0 Å². The molecule has 7 heteroatoms. The highest BCUT2D eigenvalue weighted by atomic mass is 16.5. The van der Waals surface area contributed by atoms with Gasteiger partial charge in [0.05, 0.1) is 17.3 Å². The SMILES string of the molecule is CNC1CCN(CCN(C)[C@H]2COc3cccc(C)c3-c3c(C4CCCCC4)c4ccc(C(=O)O)cc4n3C2)C1. The fourth-order valence-electron chi connectivity index (χ4n) is 7.31. The molecule has 214 valence electrons. The van der Waals surface area contributed by atoms with Gasteiger partial charge in [0.2, 0.25) is 0 Å². The molecule has 0 spiro atoms. The number of carboxylic acid groups (broad SMARTS) is 1. The quantitative estimate of drug-likeness (QED) is 0.418. The molecule has 1 unspecified atom stereocenters. The zero-order valence-corrected chi connectivity index (χ0v) is 24.3. The van der Waals surface area contributed by atoms with Crippen molar-refractivity contribution >= 4 is 16.9 Å². The largest absolute Gasteiger partial charge is 0.491 e. The van der Waals surface area contributed by atoms with Crippen molar-refractivity contribution in [1.29, 1.82) is 0 Å². The normalized spacial score (nSPS) is 22.1. The number of nitrogens with one attached hydrogen (secondary N) is 1. The fraction of sp³-hybridized carbons (Fsp3) is 0.545. The number of hydrogen-bond donors (Lipinski definition) is 2. The number of rotatable bonds is 7. The van der Waals surface area contributed by atoms with E-state index in [1.165, 1.54) is 66.3 Å². The molecule has 0 amide bonds. The van der Waals surface area contributed by atoms with Crippen molar-refractivity contribution in [2.24, 2.45) is 0 Å². The molecule has 2 fully saturated rings. The third kappa shape index (κ3) is 5.15. The lowest BCUT2D eigenvalue weighted by atomic mass is 9.81. The van der Waals surface area contributed by atoms with Crippen molar-refractivity contribution in [1.82, 2.24) is 19.7 Å². The molecule has 1 saturated heterocycles. The van der Waals surface area contributed by atoms with Gasteiger partial charge in [-0.15, -0.1) is 0 Å². The molecule has 7 nitrogen and oxygen atoms in total. The summed E-state index contributed by atoms with van der Waals surface area (Å²) in [7, 11) is 4.27. The number of carboxylic acids is 1. The second-order valence-corrected chi connectivity index (χ2v) is 12.2. The molecule has 3 aliphatic rings. The predicted molar refractivity (Wildman–Crippen MR) is 161 cm³/mol. The molecule has 40 heavy (non-hydrogen) atoms. The summed E-state index contributed by atoms with van der Waals surface area (Å²) >= 11 is 0. The Morgan fingerprint density at radius 3 is 2.70 bits per heavy atom. The minimum atomic E-state index is -0.874. The number of nitrogens with zero attached hydrogens (tertiary/aromatic N) is 3. The maximum atomic E-state index is 12.1. The van der Waals surface area contributed by atoms with Gasteiger partial charge in [-0.2, -0.15) is 0 Å². The summed E-state index contributed by atoms with van der Waals surface area (Å²) in [6.07, 6.45) is 7.36. The van der Waals surface area contributed by atoms with Crippen LogP contribution in [0, 0.1) is 6.92 Å². The maximum Gasteiger partial charge on any atom is 0.335 e. The lowest BCUT2D eigenvalue weighted by Gasteiger charge is -2.33. The average Bonchev–Trinajstić information content (AvgIpc) is 3.54. The van der Waals surface area contributed by atoms with Crippen molar-refractivity contribution in [2.75, 3.05) is 46.9 Å². The van der Waals surface area contributed by atoms with Gasteiger partial charge in [0, 0.05) is 48.7 Å². The Kier molecular flexibility index (Phi) is 7.89. The lowest BCUT2D eigenvalue weighted by molar-refractivity contribution is 0.0697. The van der Waals surface area contributed by atoms with Crippen molar-refractivity contribution in [2.45, 2.75) is 70.0 Å². The second-order valence-electron chi connectivity index (χ2n) is 12.2. The van der Waals surface area contributed by atoms with Gasteiger partial charge in [-0.1, -0.05) is 37.5 Å². The number of ether oxygens (including phenoxy) is 1. The zero-order valence-electron chi connectivity index (χ0n) is 24.3. The standard InChI is InChI=1S/C33H44N4O3/c1-22-8-7-11-29-30(22)32-31(23-9-5-4-6-10-23)27-13-12-24(33(38)39)18-28(27)37(32)20-26(21-40-29)35(3)16-17-36-15-14-25(19-36)34-2/h7-8,11-13,18,23,25-26,34H,4-6,9-10,14-17,19-21H2,1-3H3,(H,38,39)/t25?,26-/m1/s1. The number of likely N-dealkylation sites (tertiary alicyclic amines) is 1. The van der Waals surface area contributed by atoms with Gasteiger partial charge in [-0.05, 0) is 82.1 Å². The van der Waals surface area contributed by atoms with Gasteiger partial charge in [-0.3, -0.25) is 4.90 Å². The van der Waals surface area contributed by atoms with Crippen LogP contribution in [-0.4, -0.2) is 84.4 Å². The van der Waals surface area contributed by atoms with Crippen LogP contribution in [0.25, 0.3) is 22.2 Å². The third-order valence-corrected chi connectivity index (χ3v) is 9.73. The van der Waals surface area contributed by atoms with Gasteiger partial charge in [0.25, 0.3) is 0 Å². The molecule has 3 aromatic rings. The summed E-state index contributed by atoms with van der Waals surface area (Å²) in [6.45, 7) is 7.80. The molecule has 1 aliphatic carbocycles. The van der Waals surface area contributed by atoms with Gasteiger partial charge in [-0.25, -0.2) is 4.79 Å². The molecule has 1 aromatic heterocycles. The highest BCUT2D eigenvalue weighted by Gasteiger charge is 2.32. The van der Waals surface area contributed by atoms with Gasteiger partial charge >= 0.3 is 5.97 Å². The Morgan fingerprint density at radius 1 is 1.12 bits per heavy atom. The molecule has 2 aromatic carbocycles. The number of carbonyl (C=O) groups is 1. The smallest absolute Gasteiger partial charge is 0.335 e. The van der Waals surface area contributed by atoms with E-state index < -0.39 is 5.97 Å². The van der Waals surface area contributed by atoms with Crippen molar-refractivity contribution in [3.8, 4) is 17.0 Å². The van der Waals surface area contributed by atoms with E-state index in [9.17, 15) is 9.90 Å². The Hall–Kier alpha value is -2.87. The number of aromatic nitrogens is 1. The Balaban J connectivity index is 1.44. The Labute approximate surface area is 238 Å². The van der Waals surface area contributed by atoms with Crippen LogP contribution in [-0.2, 0) is 6.54 Å². The van der Waals surface area contributed by atoms with Gasteiger partial charge < -0.3 is 24.6 Å². The van der Waals surface area contributed by atoms with Crippen LogP contribution < -0.4 is 10.1 Å². The first-order valence-corrected chi connectivity index (χ1v) is 15.2. The van der Waals surface area contributed by atoms with E-state index in [1.54, 1.807) is 6.07 Å². The summed E-state index contributed by atoms with van der Waals surface area (Å²) in [4.78, 5) is 17.1. The van der Waals surface area contributed by atoms with Gasteiger partial charge in [0.1, 0.15) is 12.4 Å². The summed E-state index contributed by atoms with van der Waals surface area (Å²) in [6, 6.07) is 12.9. The fourth-order valence-corrected chi connectivity index (χ4v) is 7.31. The van der Waals surface area contributed by atoms with Gasteiger partial charge in [0.15, 0.2) is 0 Å². The zero-order chi connectivity index (χ0) is 27.8. The monoisotopic (exact) mass is 544 g/mol. The summed E-state index contributed by atoms with van der Waals surface area (Å²) in [5.41, 5.74) is 6.41. The van der Waals surface area contributed by atoms with E-state index >= 15 is 0 Å². The van der Waals surface area contributed by atoms with E-state index in [0.717, 1.165) is 44.0 Å². The molecule has 0 radical (unpaired) electrons. The number of aryl methyl sites for hydroxylation is 1. The molecular weight excluding hydrogens is 500 g/mol. The number of fused-ring (bicyclic) bond motifs is 5. The minimum absolute atomic E-state index is 0.165. The first kappa shape index (κ1) is 27.3. The second kappa shape index (κ2) is 11.6.